The first-order valence-electron chi connectivity index (χ1n) is 4.71. The minimum absolute atomic E-state index is 0. The smallest absolute Gasteiger partial charge is 0.550 e. The van der Waals surface area contributed by atoms with E-state index in [1.165, 1.54) is 4.57 Å². The molecule has 0 amide bonds. The maximum Gasteiger partial charge on any atom is 2.00 e. The zero-order valence-electron chi connectivity index (χ0n) is 10.6. The van der Waals surface area contributed by atoms with E-state index in [0.717, 1.165) is 13.8 Å². The molecule has 0 aromatic carbocycles. The number of nitrogens with zero attached hydrogens (tertiary/aromatic N) is 2. The molecule has 1 radical (unpaired) electrons. The van der Waals surface area contributed by atoms with Gasteiger partial charge in [-0.05, 0) is 13.8 Å². The summed E-state index contributed by atoms with van der Waals surface area (Å²) in [4.78, 5) is 27.8. The molecular formula is C10H14CuN2O6. The molecule has 1 rings (SSSR count). The first-order valence-corrected chi connectivity index (χ1v) is 4.71. The van der Waals surface area contributed by atoms with E-state index in [9.17, 15) is 9.90 Å². The molecule has 0 atom stereocenters. The van der Waals surface area contributed by atoms with Crippen LogP contribution in [0.3, 0.4) is 0 Å². The third kappa shape index (κ3) is 26.0. The molecule has 0 fully saturated rings. The Hall–Kier alpha value is -1.86. The zero-order valence-corrected chi connectivity index (χ0v) is 11.5. The third-order valence-electron chi connectivity index (χ3n) is 1.14. The van der Waals surface area contributed by atoms with Gasteiger partial charge in [0.1, 0.15) is 18.9 Å². The molecule has 0 spiro atoms. The Labute approximate surface area is 120 Å². The van der Waals surface area contributed by atoms with E-state index in [4.69, 9.17) is 19.8 Å². The van der Waals surface area contributed by atoms with Crippen LogP contribution in [0.1, 0.15) is 13.8 Å². The number of aryl methyl sites for hydroxylation is 1. The fraction of sp³-hybridized carbons (Fsp3) is 0.400. The number of rotatable bonds is 2. The molecule has 111 valence electrons. The average Bonchev–Trinajstić information content (AvgIpc) is 2.47. The van der Waals surface area contributed by atoms with Gasteiger partial charge in [0, 0.05) is 11.9 Å². The summed E-state index contributed by atoms with van der Waals surface area (Å²) in [7, 11) is 1.83. The molecule has 1 aromatic heterocycles. The van der Waals surface area contributed by atoms with Crippen molar-refractivity contribution in [2.45, 2.75) is 20.4 Å². The van der Waals surface area contributed by atoms with Crippen LogP contribution in [0, 0.1) is 0 Å². The number of carboxylic acid groups (broad SMARTS) is 3. The van der Waals surface area contributed by atoms with Crippen molar-refractivity contribution in [1.82, 2.24) is 4.57 Å². The predicted octanol–water partition coefficient (Wildman–Crippen LogP) is -4.43. The van der Waals surface area contributed by atoms with E-state index in [1.807, 2.05) is 7.05 Å². The molecule has 0 bridgehead atoms. The summed E-state index contributed by atoms with van der Waals surface area (Å²) in [5.74, 6) is -3.24. The van der Waals surface area contributed by atoms with Gasteiger partial charge in [0.05, 0.1) is 13.0 Å². The Kier molecular flexibility index (Phi) is 14.8. The van der Waals surface area contributed by atoms with Crippen LogP contribution in [0.2, 0.25) is 0 Å². The number of hydrogen-bond donors (Lipinski definition) is 0. The van der Waals surface area contributed by atoms with Crippen LogP contribution >= 0.6 is 0 Å². The molecule has 8 nitrogen and oxygen atoms in total. The second-order valence-corrected chi connectivity index (χ2v) is 3.11. The van der Waals surface area contributed by atoms with Crippen LogP contribution < -0.4 is 19.9 Å². The van der Waals surface area contributed by atoms with Crippen LogP contribution in [0.15, 0.2) is 18.7 Å². The Bertz CT molecular complexity index is 384. The summed E-state index contributed by atoms with van der Waals surface area (Å²) >= 11 is 0. The SMILES string of the molecule is CC(=O)[O-].CC(=O)[O-].C[n+]1ccn(CC(=O)[O-])c1.[Cu+2]. The van der Waals surface area contributed by atoms with E-state index in [-0.39, 0.29) is 23.6 Å². The van der Waals surface area contributed by atoms with E-state index in [0.29, 0.717) is 0 Å². The number of hydrogen-bond acceptors (Lipinski definition) is 6. The molecule has 0 aliphatic rings. The van der Waals surface area contributed by atoms with Gasteiger partial charge in [-0.15, -0.1) is 0 Å². The Morgan fingerprint density at radius 2 is 1.47 bits per heavy atom. The van der Waals surface area contributed by atoms with Gasteiger partial charge in [-0.2, -0.15) is 0 Å². The summed E-state index contributed by atoms with van der Waals surface area (Å²) in [5, 5.41) is 27.8. The van der Waals surface area contributed by atoms with Gasteiger partial charge in [0.2, 0.25) is 6.33 Å². The molecule has 0 aliphatic carbocycles. The van der Waals surface area contributed by atoms with Crippen LogP contribution in [0.5, 0.6) is 0 Å². The van der Waals surface area contributed by atoms with Gasteiger partial charge >= 0.3 is 17.1 Å². The monoisotopic (exact) mass is 321 g/mol. The summed E-state index contributed by atoms with van der Waals surface area (Å²) in [5.41, 5.74) is 0. The number of imidazole rings is 1. The second-order valence-electron chi connectivity index (χ2n) is 3.11. The first kappa shape index (κ1) is 22.3. The van der Waals surface area contributed by atoms with Gasteiger partial charge in [-0.25, -0.2) is 9.13 Å². The molecule has 0 unspecified atom stereocenters. The third-order valence-corrected chi connectivity index (χ3v) is 1.14. The molecule has 1 aromatic rings. The normalized spacial score (nSPS) is 7.74. The van der Waals surface area contributed by atoms with Gasteiger partial charge in [-0.3, -0.25) is 0 Å². The van der Waals surface area contributed by atoms with Gasteiger partial charge < -0.3 is 29.7 Å². The molecule has 9 heteroatoms. The van der Waals surface area contributed by atoms with Gasteiger partial charge in [-0.1, -0.05) is 0 Å². The topological polar surface area (TPSA) is 129 Å². The average molecular weight is 322 g/mol. The minimum Gasteiger partial charge on any atom is -0.550 e. The van der Waals surface area contributed by atoms with Crippen LogP contribution in [-0.2, 0) is 45.0 Å². The second kappa shape index (κ2) is 12.6. The number of carboxylic acids is 3. The quantitative estimate of drug-likeness (QED) is 0.399. The maximum absolute atomic E-state index is 10.0. The predicted molar refractivity (Wildman–Crippen MR) is 52.0 cm³/mol. The molecule has 0 aliphatic heterocycles. The number of carbonyl (C=O) groups excluding carboxylic acids is 3. The molecule has 0 N–H and O–H groups in total. The Balaban J connectivity index is -0.000000242. The maximum atomic E-state index is 10.0. The summed E-state index contributed by atoms with van der Waals surface area (Å²) in [6.45, 7) is 1.86. The minimum atomic E-state index is -1.08. The van der Waals surface area contributed by atoms with Crippen molar-refractivity contribution in [3.63, 3.8) is 0 Å². The summed E-state index contributed by atoms with van der Waals surface area (Å²) in [6.07, 6.45) is 5.12. The van der Waals surface area contributed by atoms with Crippen molar-refractivity contribution in [2.75, 3.05) is 0 Å². The molecule has 0 saturated heterocycles. The van der Waals surface area contributed by atoms with Crippen molar-refractivity contribution < 1.29 is 51.3 Å². The first-order chi connectivity index (χ1) is 8.15. The van der Waals surface area contributed by atoms with E-state index in [1.54, 1.807) is 23.3 Å². The molecule has 0 saturated carbocycles. The van der Waals surface area contributed by atoms with E-state index in [2.05, 4.69) is 0 Å². The van der Waals surface area contributed by atoms with E-state index < -0.39 is 17.9 Å². The Morgan fingerprint density at radius 1 is 1.11 bits per heavy atom. The van der Waals surface area contributed by atoms with Crippen LogP contribution in [0.25, 0.3) is 0 Å². The summed E-state index contributed by atoms with van der Waals surface area (Å²) < 4.78 is 3.30. The number of carbonyl (C=O) groups is 3. The fourth-order valence-electron chi connectivity index (χ4n) is 0.744. The van der Waals surface area contributed by atoms with Crippen molar-refractivity contribution in [1.29, 1.82) is 0 Å². The zero-order chi connectivity index (χ0) is 14.7. The fourth-order valence-corrected chi connectivity index (χ4v) is 0.744. The Morgan fingerprint density at radius 3 is 1.68 bits per heavy atom. The van der Waals surface area contributed by atoms with Crippen molar-refractivity contribution in [3.05, 3.63) is 18.7 Å². The largest absolute Gasteiger partial charge is 2.00 e. The number of aromatic nitrogens is 2. The molecule has 19 heavy (non-hydrogen) atoms. The molecule has 1 heterocycles. The van der Waals surface area contributed by atoms with Gasteiger partial charge in [0.15, 0.2) is 0 Å². The van der Waals surface area contributed by atoms with Gasteiger partial charge in [0.25, 0.3) is 0 Å². The standard InChI is InChI=1S/C6H8N2O2.2C2H4O2.Cu/c1-7-2-3-8(5-7)4-6(9)10;2*1-2(3)4;/h2-3,5H,4H2,1H3;2*1H3,(H,3,4);/q;;;+2/p-2. The van der Waals surface area contributed by atoms with Crippen molar-refractivity contribution in [3.8, 4) is 0 Å². The van der Waals surface area contributed by atoms with Crippen molar-refractivity contribution >= 4 is 17.9 Å². The van der Waals surface area contributed by atoms with Crippen molar-refractivity contribution in [2.24, 2.45) is 7.05 Å². The molecular weight excluding hydrogens is 308 g/mol. The number of aliphatic carboxylic acids is 3. The summed E-state index contributed by atoms with van der Waals surface area (Å²) in [6, 6.07) is 0. The van der Waals surface area contributed by atoms with Crippen LogP contribution in [-0.4, -0.2) is 22.5 Å². The van der Waals surface area contributed by atoms with E-state index >= 15 is 0 Å². The van der Waals surface area contributed by atoms with Crippen LogP contribution in [0.4, 0.5) is 0 Å².